The smallest absolute Gasteiger partial charge is 0.257 e. The van der Waals surface area contributed by atoms with E-state index in [1.54, 1.807) is 60.4 Å². The lowest BCUT2D eigenvalue weighted by Crippen LogP contribution is -2.14. The van der Waals surface area contributed by atoms with Gasteiger partial charge in [-0.25, -0.2) is 0 Å². The summed E-state index contributed by atoms with van der Waals surface area (Å²) < 4.78 is 12.1. The van der Waals surface area contributed by atoms with Gasteiger partial charge in [0.05, 0.1) is 0 Å². The van der Waals surface area contributed by atoms with E-state index >= 15 is 0 Å². The summed E-state index contributed by atoms with van der Waals surface area (Å²) in [7, 11) is 1.73. The van der Waals surface area contributed by atoms with Crippen LogP contribution in [0.5, 0.6) is 11.5 Å². The fourth-order valence-corrected chi connectivity index (χ4v) is 2.93. The molecular formula is C19H16N4O4. The number of primary amides is 1. The Kier molecular flexibility index (Phi) is 4.00. The number of nitrogens with one attached hydrogen (secondary N) is 1. The molecule has 0 unspecified atom stereocenters. The third-order valence-corrected chi connectivity index (χ3v) is 4.18. The number of amides is 2. The first-order valence-corrected chi connectivity index (χ1v) is 8.17. The number of carbonyl (C=O) groups is 2. The molecule has 0 saturated carbocycles. The van der Waals surface area contributed by atoms with Gasteiger partial charge in [0.1, 0.15) is 0 Å². The molecule has 8 nitrogen and oxygen atoms in total. The zero-order valence-corrected chi connectivity index (χ0v) is 14.4. The van der Waals surface area contributed by atoms with Gasteiger partial charge in [0.25, 0.3) is 5.91 Å². The number of fused-ring (bicyclic) bond motifs is 1. The van der Waals surface area contributed by atoms with Crippen LogP contribution in [-0.4, -0.2) is 28.4 Å². The van der Waals surface area contributed by atoms with E-state index in [0.29, 0.717) is 39.6 Å². The van der Waals surface area contributed by atoms with Crippen LogP contribution in [-0.2, 0) is 7.05 Å². The van der Waals surface area contributed by atoms with E-state index in [9.17, 15) is 9.59 Å². The highest BCUT2D eigenvalue weighted by atomic mass is 16.7. The summed E-state index contributed by atoms with van der Waals surface area (Å²) in [5.41, 5.74) is 7.42. The minimum absolute atomic E-state index is 0.134. The number of nitrogens with two attached hydrogens (primary N) is 1. The quantitative estimate of drug-likeness (QED) is 0.737. The Balaban J connectivity index is 1.68. The molecule has 0 aliphatic carbocycles. The van der Waals surface area contributed by atoms with E-state index in [0.717, 1.165) is 0 Å². The molecule has 1 aromatic heterocycles. The van der Waals surface area contributed by atoms with E-state index in [4.69, 9.17) is 15.2 Å². The van der Waals surface area contributed by atoms with Crippen LogP contribution in [0.4, 0.5) is 5.82 Å². The van der Waals surface area contributed by atoms with E-state index in [-0.39, 0.29) is 12.7 Å². The number of anilines is 1. The third-order valence-electron chi connectivity index (χ3n) is 4.18. The Bertz CT molecular complexity index is 1060. The van der Waals surface area contributed by atoms with Crippen molar-refractivity contribution in [1.82, 2.24) is 9.78 Å². The van der Waals surface area contributed by atoms with Crippen LogP contribution in [0.3, 0.4) is 0 Å². The van der Waals surface area contributed by atoms with Crippen LogP contribution in [0.15, 0.2) is 48.7 Å². The van der Waals surface area contributed by atoms with Gasteiger partial charge >= 0.3 is 0 Å². The Labute approximate surface area is 154 Å². The van der Waals surface area contributed by atoms with E-state index in [2.05, 4.69) is 10.4 Å². The van der Waals surface area contributed by atoms with Gasteiger partial charge in [0, 0.05) is 29.9 Å². The van der Waals surface area contributed by atoms with Gasteiger partial charge in [-0.3, -0.25) is 14.3 Å². The molecule has 0 atom stereocenters. The lowest BCUT2D eigenvalue weighted by atomic mass is 10.0. The standard InChI is InChI=1S/C19H16N4O4/c1-23-9-14(12-4-2-3-5-13(12)17(20)24)18(22-23)21-19(25)11-6-7-15-16(8-11)27-10-26-15/h2-9H,10H2,1H3,(H2,20,24)(H,21,22,25). The van der Waals surface area contributed by atoms with E-state index in [1.165, 1.54) is 0 Å². The van der Waals surface area contributed by atoms with Crippen LogP contribution in [0, 0.1) is 0 Å². The molecule has 4 rings (SSSR count). The first kappa shape index (κ1) is 16.6. The lowest BCUT2D eigenvalue weighted by Gasteiger charge is -2.08. The summed E-state index contributed by atoms with van der Waals surface area (Å²) in [5.74, 6) is 0.532. The Hall–Kier alpha value is -3.81. The fourth-order valence-electron chi connectivity index (χ4n) is 2.93. The molecule has 1 aliphatic heterocycles. The number of aromatic nitrogens is 2. The molecule has 3 N–H and O–H groups in total. The number of rotatable bonds is 4. The topological polar surface area (TPSA) is 108 Å². The molecule has 1 aliphatic rings. The zero-order valence-electron chi connectivity index (χ0n) is 14.4. The lowest BCUT2D eigenvalue weighted by molar-refractivity contribution is 0.0998. The molecule has 0 spiro atoms. The van der Waals surface area contributed by atoms with Crippen LogP contribution < -0.4 is 20.5 Å². The predicted octanol–water partition coefficient (Wildman–Crippen LogP) is 2.17. The molecule has 0 fully saturated rings. The van der Waals surface area contributed by atoms with Crippen molar-refractivity contribution in [2.75, 3.05) is 12.1 Å². The van der Waals surface area contributed by atoms with Crippen molar-refractivity contribution in [3.8, 4) is 22.6 Å². The molecule has 8 heteroatoms. The molecule has 2 aromatic carbocycles. The number of ether oxygens (including phenoxy) is 2. The van der Waals surface area contributed by atoms with Gasteiger partial charge in [-0.05, 0) is 29.8 Å². The predicted molar refractivity (Wildman–Crippen MR) is 97.7 cm³/mol. The number of aryl methyl sites for hydroxylation is 1. The molecule has 0 saturated heterocycles. The first-order chi connectivity index (χ1) is 13.0. The highest BCUT2D eigenvalue weighted by molar-refractivity contribution is 6.07. The third kappa shape index (κ3) is 3.08. The maximum Gasteiger partial charge on any atom is 0.257 e. The van der Waals surface area contributed by atoms with Crippen molar-refractivity contribution in [1.29, 1.82) is 0 Å². The molecular weight excluding hydrogens is 348 g/mol. The van der Waals surface area contributed by atoms with Gasteiger partial charge in [-0.15, -0.1) is 0 Å². The van der Waals surface area contributed by atoms with Crippen molar-refractivity contribution in [3.05, 3.63) is 59.8 Å². The summed E-state index contributed by atoms with van der Waals surface area (Å²) in [6.45, 7) is 0.134. The van der Waals surface area contributed by atoms with Crippen LogP contribution in [0.1, 0.15) is 20.7 Å². The SMILES string of the molecule is Cn1cc(-c2ccccc2C(N)=O)c(NC(=O)c2ccc3c(c2)OCO3)n1. The summed E-state index contributed by atoms with van der Waals surface area (Å²) in [5, 5.41) is 7.09. The molecule has 0 radical (unpaired) electrons. The molecule has 27 heavy (non-hydrogen) atoms. The monoisotopic (exact) mass is 364 g/mol. The molecule has 0 bridgehead atoms. The maximum absolute atomic E-state index is 12.7. The molecule has 2 amide bonds. The number of carbonyl (C=O) groups excluding carboxylic acids is 2. The zero-order chi connectivity index (χ0) is 19.0. The van der Waals surface area contributed by atoms with E-state index < -0.39 is 5.91 Å². The minimum atomic E-state index is -0.553. The summed E-state index contributed by atoms with van der Waals surface area (Å²) >= 11 is 0. The minimum Gasteiger partial charge on any atom is -0.454 e. The first-order valence-electron chi connectivity index (χ1n) is 8.17. The van der Waals surface area contributed by atoms with Crippen LogP contribution >= 0.6 is 0 Å². The van der Waals surface area contributed by atoms with Gasteiger partial charge in [-0.1, -0.05) is 18.2 Å². The van der Waals surface area contributed by atoms with Gasteiger partial charge in [0.15, 0.2) is 17.3 Å². The second kappa shape index (κ2) is 6.49. The van der Waals surface area contributed by atoms with Crippen molar-refractivity contribution in [2.45, 2.75) is 0 Å². The second-order valence-electron chi connectivity index (χ2n) is 6.00. The average Bonchev–Trinajstić information content (AvgIpc) is 3.27. The van der Waals surface area contributed by atoms with Crippen LogP contribution in [0.2, 0.25) is 0 Å². The Morgan fingerprint density at radius 1 is 1.11 bits per heavy atom. The average molecular weight is 364 g/mol. The second-order valence-corrected chi connectivity index (χ2v) is 6.00. The number of hydrogen-bond donors (Lipinski definition) is 2. The van der Waals surface area contributed by atoms with Gasteiger partial charge in [0.2, 0.25) is 12.7 Å². The maximum atomic E-state index is 12.7. The summed E-state index contributed by atoms with van der Waals surface area (Å²) in [6.07, 6.45) is 1.72. The van der Waals surface area contributed by atoms with Crippen molar-refractivity contribution in [2.24, 2.45) is 12.8 Å². The Morgan fingerprint density at radius 2 is 1.89 bits per heavy atom. The highest BCUT2D eigenvalue weighted by Gasteiger charge is 2.20. The summed E-state index contributed by atoms with van der Waals surface area (Å²) in [6, 6.07) is 11.8. The number of benzene rings is 2. The Morgan fingerprint density at radius 3 is 2.70 bits per heavy atom. The molecule has 2 heterocycles. The normalized spacial score (nSPS) is 12.0. The number of nitrogens with zero attached hydrogens (tertiary/aromatic N) is 2. The van der Waals surface area contributed by atoms with Gasteiger partial charge in [-0.2, -0.15) is 5.10 Å². The number of hydrogen-bond acceptors (Lipinski definition) is 5. The van der Waals surface area contributed by atoms with Crippen molar-refractivity contribution < 1.29 is 19.1 Å². The van der Waals surface area contributed by atoms with Crippen LogP contribution in [0.25, 0.3) is 11.1 Å². The highest BCUT2D eigenvalue weighted by Crippen LogP contribution is 2.33. The molecule has 3 aromatic rings. The summed E-state index contributed by atoms with van der Waals surface area (Å²) in [4.78, 5) is 24.4. The molecule has 136 valence electrons. The van der Waals surface area contributed by atoms with Crippen molar-refractivity contribution >= 4 is 17.6 Å². The largest absolute Gasteiger partial charge is 0.454 e. The fraction of sp³-hybridized carbons (Fsp3) is 0.105. The van der Waals surface area contributed by atoms with E-state index in [1.807, 2.05) is 0 Å². The van der Waals surface area contributed by atoms with Crippen molar-refractivity contribution in [3.63, 3.8) is 0 Å². The van der Waals surface area contributed by atoms with Gasteiger partial charge < -0.3 is 20.5 Å².